The Morgan fingerprint density at radius 1 is 1.12 bits per heavy atom. The average molecular weight is 473 g/mol. The minimum absolute atomic E-state index is 0. The normalized spacial score (nSPS) is 10.7. The van der Waals surface area contributed by atoms with Crippen molar-refractivity contribution in [1.29, 1.82) is 0 Å². The highest BCUT2D eigenvalue weighted by Crippen LogP contribution is 2.11. The van der Waals surface area contributed by atoms with Gasteiger partial charge in [-0.3, -0.25) is 4.79 Å². The van der Waals surface area contributed by atoms with Crippen LogP contribution in [0.1, 0.15) is 28.4 Å². The van der Waals surface area contributed by atoms with E-state index >= 15 is 0 Å². The third-order valence-corrected chi connectivity index (χ3v) is 3.59. The third kappa shape index (κ3) is 7.31. The van der Waals surface area contributed by atoms with Gasteiger partial charge in [-0.25, -0.2) is 4.99 Å². The van der Waals surface area contributed by atoms with E-state index in [4.69, 9.17) is 17.3 Å². The zero-order valence-corrected chi connectivity index (χ0v) is 17.0. The molecule has 0 aliphatic carbocycles. The summed E-state index contributed by atoms with van der Waals surface area (Å²) in [6, 6.07) is 14.8. The Labute approximate surface area is 170 Å². The van der Waals surface area contributed by atoms with Gasteiger partial charge in [0.2, 0.25) is 5.91 Å². The lowest BCUT2D eigenvalue weighted by Crippen LogP contribution is -2.36. The van der Waals surface area contributed by atoms with Crippen LogP contribution in [0.4, 0.5) is 0 Å². The second-order valence-electron chi connectivity index (χ2n) is 5.24. The molecule has 0 unspecified atom stereocenters. The number of nitrogens with two attached hydrogens (primary N) is 1. The molecule has 0 spiro atoms. The Balaban J connectivity index is 0.00000312. The minimum Gasteiger partial charge on any atom is -0.366 e. The molecule has 2 rings (SSSR count). The molecule has 0 aliphatic heterocycles. The maximum absolute atomic E-state index is 11.1. The lowest BCUT2D eigenvalue weighted by atomic mass is 10.1. The van der Waals surface area contributed by atoms with E-state index in [1.54, 1.807) is 12.1 Å². The molecule has 0 radical (unpaired) electrons. The van der Waals surface area contributed by atoms with E-state index in [-0.39, 0.29) is 24.0 Å². The summed E-state index contributed by atoms with van der Waals surface area (Å²) in [6.07, 6.45) is 0. The number of primary amides is 1. The standard InChI is InChI=1S/C18H21ClN4O.HI/c1-2-21-18(23-12-14-4-3-5-16(19)10-14)22-11-13-6-8-15(9-7-13)17(20)24;/h3-10H,2,11-12H2,1H3,(H2,20,24)(H2,21,22,23);1H. The van der Waals surface area contributed by atoms with Crippen LogP contribution in [0.15, 0.2) is 53.5 Å². The van der Waals surface area contributed by atoms with E-state index in [1.165, 1.54) is 0 Å². The van der Waals surface area contributed by atoms with Crippen LogP contribution in [0.25, 0.3) is 0 Å². The first-order valence-electron chi connectivity index (χ1n) is 7.74. The zero-order chi connectivity index (χ0) is 17.4. The summed E-state index contributed by atoms with van der Waals surface area (Å²) in [6.45, 7) is 3.91. The Morgan fingerprint density at radius 3 is 2.44 bits per heavy atom. The highest BCUT2D eigenvalue weighted by molar-refractivity contribution is 14.0. The highest BCUT2D eigenvalue weighted by atomic mass is 127. The van der Waals surface area contributed by atoms with Crippen LogP contribution in [0, 0.1) is 0 Å². The number of hydrogen-bond donors (Lipinski definition) is 3. The van der Waals surface area contributed by atoms with Crippen LogP contribution in [-0.4, -0.2) is 18.4 Å². The molecule has 2 aromatic rings. The Kier molecular flexibility index (Phi) is 9.30. The Hall–Kier alpha value is -1.80. The molecule has 7 heteroatoms. The predicted molar refractivity (Wildman–Crippen MR) is 113 cm³/mol. The molecule has 1 amide bonds. The van der Waals surface area contributed by atoms with E-state index in [9.17, 15) is 4.79 Å². The number of guanidine groups is 1. The van der Waals surface area contributed by atoms with Gasteiger partial charge in [-0.1, -0.05) is 35.9 Å². The molecule has 5 nitrogen and oxygen atoms in total. The van der Waals surface area contributed by atoms with Gasteiger partial charge >= 0.3 is 0 Å². The van der Waals surface area contributed by atoms with Gasteiger partial charge in [0.05, 0.1) is 6.54 Å². The number of amides is 1. The Bertz CT molecular complexity index is 719. The fourth-order valence-corrected chi connectivity index (χ4v) is 2.33. The van der Waals surface area contributed by atoms with E-state index < -0.39 is 5.91 Å². The van der Waals surface area contributed by atoms with Crippen molar-refractivity contribution in [2.75, 3.05) is 6.54 Å². The van der Waals surface area contributed by atoms with E-state index in [1.807, 2.05) is 43.3 Å². The van der Waals surface area contributed by atoms with Crippen LogP contribution >= 0.6 is 35.6 Å². The molecular weight excluding hydrogens is 451 g/mol. The molecule has 0 aliphatic rings. The first kappa shape index (κ1) is 21.2. The quantitative estimate of drug-likeness (QED) is 0.343. The largest absolute Gasteiger partial charge is 0.366 e. The summed E-state index contributed by atoms with van der Waals surface area (Å²) < 4.78 is 0. The molecule has 134 valence electrons. The van der Waals surface area contributed by atoms with Gasteiger partial charge in [0.15, 0.2) is 5.96 Å². The highest BCUT2D eigenvalue weighted by Gasteiger charge is 2.02. The SMILES string of the molecule is CCNC(=NCc1cccc(Cl)c1)NCc1ccc(C(N)=O)cc1.I. The molecule has 0 bridgehead atoms. The fraction of sp³-hybridized carbons (Fsp3) is 0.222. The fourth-order valence-electron chi connectivity index (χ4n) is 2.12. The maximum Gasteiger partial charge on any atom is 0.248 e. The van der Waals surface area contributed by atoms with Crippen molar-refractivity contribution in [2.45, 2.75) is 20.0 Å². The average Bonchev–Trinajstić information content (AvgIpc) is 2.58. The van der Waals surface area contributed by atoms with Crippen molar-refractivity contribution in [3.8, 4) is 0 Å². The van der Waals surface area contributed by atoms with Gasteiger partial charge in [-0.05, 0) is 42.3 Å². The lowest BCUT2D eigenvalue weighted by molar-refractivity contribution is 0.100. The summed E-state index contributed by atoms with van der Waals surface area (Å²) in [5.41, 5.74) is 7.82. The molecule has 25 heavy (non-hydrogen) atoms. The predicted octanol–water partition coefficient (Wildman–Crippen LogP) is 3.31. The third-order valence-electron chi connectivity index (χ3n) is 3.35. The number of nitrogens with one attached hydrogen (secondary N) is 2. The molecule has 0 saturated carbocycles. The monoisotopic (exact) mass is 472 g/mol. The second kappa shape index (κ2) is 10.9. The van der Waals surface area contributed by atoms with Crippen molar-refractivity contribution in [1.82, 2.24) is 10.6 Å². The summed E-state index contributed by atoms with van der Waals surface area (Å²) in [4.78, 5) is 15.6. The summed E-state index contributed by atoms with van der Waals surface area (Å²) in [5, 5.41) is 7.16. The lowest BCUT2D eigenvalue weighted by Gasteiger charge is -2.11. The van der Waals surface area contributed by atoms with Gasteiger partial charge in [0.1, 0.15) is 0 Å². The topological polar surface area (TPSA) is 79.5 Å². The number of halogens is 2. The maximum atomic E-state index is 11.1. The molecule has 2 aromatic carbocycles. The smallest absolute Gasteiger partial charge is 0.248 e. The van der Waals surface area contributed by atoms with Gasteiger partial charge in [-0.2, -0.15) is 0 Å². The number of benzene rings is 2. The molecule has 0 atom stereocenters. The summed E-state index contributed by atoms with van der Waals surface area (Å²) in [7, 11) is 0. The van der Waals surface area contributed by atoms with Crippen molar-refractivity contribution in [3.63, 3.8) is 0 Å². The summed E-state index contributed by atoms with van der Waals surface area (Å²) >= 11 is 5.98. The first-order valence-corrected chi connectivity index (χ1v) is 8.11. The van der Waals surface area contributed by atoms with E-state index in [0.29, 0.717) is 23.7 Å². The summed E-state index contributed by atoms with van der Waals surface area (Å²) in [5.74, 6) is 0.294. The van der Waals surface area contributed by atoms with Gasteiger partial charge in [-0.15, -0.1) is 24.0 Å². The van der Waals surface area contributed by atoms with Crippen LogP contribution in [0.2, 0.25) is 5.02 Å². The number of carbonyl (C=O) groups excluding carboxylic acids is 1. The number of carbonyl (C=O) groups is 1. The second-order valence-corrected chi connectivity index (χ2v) is 5.68. The molecule has 4 N–H and O–H groups in total. The molecule has 0 aromatic heterocycles. The number of rotatable bonds is 6. The molecule has 0 heterocycles. The molecule has 0 saturated heterocycles. The van der Waals surface area contributed by atoms with Crippen molar-refractivity contribution in [3.05, 3.63) is 70.2 Å². The van der Waals surface area contributed by atoms with Crippen LogP contribution < -0.4 is 16.4 Å². The zero-order valence-electron chi connectivity index (χ0n) is 14.0. The molecular formula is C18H22ClIN4O. The first-order chi connectivity index (χ1) is 11.6. The van der Waals surface area contributed by atoms with Gasteiger partial charge in [0, 0.05) is 23.7 Å². The molecule has 0 fully saturated rings. The van der Waals surface area contributed by atoms with E-state index in [2.05, 4.69) is 15.6 Å². The minimum atomic E-state index is -0.425. The van der Waals surface area contributed by atoms with Crippen molar-refractivity contribution in [2.24, 2.45) is 10.7 Å². The van der Waals surface area contributed by atoms with E-state index in [0.717, 1.165) is 23.6 Å². The van der Waals surface area contributed by atoms with Gasteiger partial charge < -0.3 is 16.4 Å². The van der Waals surface area contributed by atoms with Crippen molar-refractivity contribution >= 4 is 47.4 Å². The number of hydrogen-bond acceptors (Lipinski definition) is 2. The Morgan fingerprint density at radius 2 is 1.84 bits per heavy atom. The van der Waals surface area contributed by atoms with Crippen LogP contribution in [0.3, 0.4) is 0 Å². The van der Waals surface area contributed by atoms with Crippen LogP contribution in [-0.2, 0) is 13.1 Å². The van der Waals surface area contributed by atoms with Gasteiger partial charge in [0.25, 0.3) is 0 Å². The number of nitrogens with zero attached hydrogens (tertiary/aromatic N) is 1. The van der Waals surface area contributed by atoms with Crippen LogP contribution in [0.5, 0.6) is 0 Å². The van der Waals surface area contributed by atoms with Crippen molar-refractivity contribution < 1.29 is 4.79 Å². The number of aliphatic imine (C=N–C) groups is 1.